The number of fused-ring (bicyclic) bond motifs is 5. The molecule has 0 bridgehead atoms. The molecule has 4 fully saturated rings. The summed E-state index contributed by atoms with van der Waals surface area (Å²) in [6, 6.07) is 0. The molecule has 0 aromatic heterocycles. The number of ether oxygens (including phenoxy) is 1. The number of hydrogen-bond acceptors (Lipinski definition) is 4. The van der Waals surface area contributed by atoms with E-state index in [4.69, 9.17) is 4.74 Å². The van der Waals surface area contributed by atoms with Crippen LogP contribution in [0.5, 0.6) is 0 Å². The maximum atomic E-state index is 12.1. The van der Waals surface area contributed by atoms with Gasteiger partial charge in [-0.25, -0.2) is 0 Å². The summed E-state index contributed by atoms with van der Waals surface area (Å²) < 4.78 is 5.87. The Hall–Kier alpha value is -0.610. The lowest BCUT2D eigenvalue weighted by Gasteiger charge is -2.65. The van der Waals surface area contributed by atoms with Crippen molar-refractivity contribution < 1.29 is 19.7 Å². The van der Waals surface area contributed by atoms with Gasteiger partial charge in [0.1, 0.15) is 11.7 Å². The molecule has 0 unspecified atom stereocenters. The Bertz CT molecular complexity index is 750. The highest BCUT2D eigenvalue weighted by molar-refractivity contribution is 5.66. The fourth-order valence-corrected chi connectivity index (χ4v) is 9.61. The molecule has 34 heavy (non-hydrogen) atoms. The first-order valence-corrected chi connectivity index (χ1v) is 14.4. The van der Waals surface area contributed by atoms with Gasteiger partial charge in [-0.1, -0.05) is 54.4 Å². The van der Waals surface area contributed by atoms with Gasteiger partial charge in [0.15, 0.2) is 0 Å². The van der Waals surface area contributed by atoms with Gasteiger partial charge >= 0.3 is 5.97 Å². The van der Waals surface area contributed by atoms with E-state index in [0.717, 1.165) is 49.4 Å². The Morgan fingerprint density at radius 1 is 1.00 bits per heavy atom. The Balaban J connectivity index is 1.58. The number of carbonyl (C=O) groups excluding carboxylic acids is 1. The molecule has 4 aliphatic carbocycles. The minimum Gasteiger partial charge on any atom is -0.459 e. The number of esters is 1. The maximum absolute atomic E-state index is 12.1. The van der Waals surface area contributed by atoms with Crippen LogP contribution in [-0.4, -0.2) is 34.0 Å². The van der Waals surface area contributed by atoms with Crippen LogP contribution in [0.4, 0.5) is 0 Å². The van der Waals surface area contributed by atoms with Crippen LogP contribution in [0.15, 0.2) is 0 Å². The van der Waals surface area contributed by atoms with Crippen LogP contribution in [0.3, 0.4) is 0 Å². The molecule has 4 heteroatoms. The van der Waals surface area contributed by atoms with E-state index in [1.807, 2.05) is 0 Å². The van der Waals surface area contributed by atoms with Gasteiger partial charge in [-0.3, -0.25) is 4.79 Å². The molecule has 4 saturated carbocycles. The summed E-state index contributed by atoms with van der Waals surface area (Å²) in [5.74, 6) is 4.33. The van der Waals surface area contributed by atoms with Gasteiger partial charge in [0.2, 0.25) is 0 Å². The molecule has 0 saturated heterocycles. The molecular formula is C30H52O4. The molecular weight excluding hydrogens is 424 g/mol. The second kappa shape index (κ2) is 9.36. The first-order chi connectivity index (χ1) is 15.8. The number of aliphatic hydroxyl groups is 2. The van der Waals surface area contributed by atoms with Gasteiger partial charge < -0.3 is 14.9 Å². The minimum absolute atomic E-state index is 0.299. The van der Waals surface area contributed by atoms with Gasteiger partial charge in [0, 0.05) is 18.8 Å². The highest BCUT2D eigenvalue weighted by Crippen LogP contribution is 2.69. The molecule has 4 rings (SSSR count). The van der Waals surface area contributed by atoms with Crippen LogP contribution in [-0.2, 0) is 9.53 Å². The van der Waals surface area contributed by atoms with E-state index in [2.05, 4.69) is 41.5 Å². The average molecular weight is 477 g/mol. The van der Waals surface area contributed by atoms with E-state index in [-0.39, 0.29) is 11.4 Å². The minimum atomic E-state index is -1.12. The molecule has 2 N–H and O–H groups in total. The Morgan fingerprint density at radius 2 is 1.71 bits per heavy atom. The van der Waals surface area contributed by atoms with Gasteiger partial charge in [0.25, 0.3) is 0 Å². The van der Waals surface area contributed by atoms with Crippen LogP contribution >= 0.6 is 0 Å². The zero-order valence-electron chi connectivity index (χ0n) is 23.0. The molecule has 0 radical (unpaired) electrons. The molecule has 4 aliphatic rings. The summed E-state index contributed by atoms with van der Waals surface area (Å²) in [5, 5.41) is 22.5. The van der Waals surface area contributed by atoms with Crippen molar-refractivity contribution in [3.8, 4) is 0 Å². The Labute approximate surface area is 208 Å². The zero-order valence-corrected chi connectivity index (χ0v) is 23.0. The number of carbonyl (C=O) groups is 1. The van der Waals surface area contributed by atoms with E-state index in [1.165, 1.54) is 39.0 Å². The monoisotopic (exact) mass is 476 g/mol. The van der Waals surface area contributed by atoms with Crippen LogP contribution in [0.25, 0.3) is 0 Å². The fourth-order valence-electron chi connectivity index (χ4n) is 9.61. The van der Waals surface area contributed by atoms with Crippen LogP contribution < -0.4 is 0 Å². The first-order valence-electron chi connectivity index (χ1n) is 14.4. The highest BCUT2D eigenvalue weighted by Gasteiger charge is 2.68. The number of aliphatic hydroxyl groups excluding tert-OH is 1. The molecule has 4 nitrogen and oxygen atoms in total. The van der Waals surface area contributed by atoms with E-state index in [0.29, 0.717) is 29.6 Å². The number of rotatable bonds is 6. The van der Waals surface area contributed by atoms with E-state index in [9.17, 15) is 15.0 Å². The van der Waals surface area contributed by atoms with Crippen molar-refractivity contribution in [3.05, 3.63) is 0 Å². The van der Waals surface area contributed by atoms with Crippen LogP contribution in [0, 0.1) is 52.3 Å². The summed E-state index contributed by atoms with van der Waals surface area (Å²) in [7, 11) is 0. The smallest absolute Gasteiger partial charge is 0.303 e. The summed E-state index contributed by atoms with van der Waals surface area (Å²) in [6.07, 6.45) is 9.29. The molecule has 0 amide bonds. The van der Waals surface area contributed by atoms with E-state index in [1.54, 1.807) is 0 Å². The molecule has 196 valence electrons. The second-order valence-electron chi connectivity index (χ2n) is 14.0. The molecule has 0 heterocycles. The number of hydrogen-bond donors (Lipinski definition) is 2. The van der Waals surface area contributed by atoms with Gasteiger partial charge in [-0.05, 0) is 91.8 Å². The predicted molar refractivity (Wildman–Crippen MR) is 136 cm³/mol. The molecule has 0 spiro atoms. The Kier molecular flexibility index (Phi) is 7.28. The predicted octanol–water partition coefficient (Wildman–Crippen LogP) is 6.37. The Morgan fingerprint density at radius 3 is 2.35 bits per heavy atom. The van der Waals surface area contributed by atoms with Gasteiger partial charge in [-0.15, -0.1) is 0 Å². The third kappa shape index (κ3) is 4.17. The zero-order chi connectivity index (χ0) is 25.1. The van der Waals surface area contributed by atoms with Crippen molar-refractivity contribution >= 4 is 5.97 Å². The third-order valence-corrected chi connectivity index (χ3v) is 12.1. The summed E-state index contributed by atoms with van der Waals surface area (Å²) >= 11 is 0. The first kappa shape index (κ1) is 26.5. The summed E-state index contributed by atoms with van der Waals surface area (Å²) in [6.45, 7) is 15.9. The third-order valence-electron chi connectivity index (χ3n) is 12.1. The topological polar surface area (TPSA) is 66.8 Å². The standard InChI is InChI=1S/C30H52O4/c1-18(2)19(3)8-9-20(4)24-10-11-25-23-16-27(34-21(5)31)30(33)17-22(32)12-15-29(30,7)26(23)13-14-28(24,25)6/h18-20,22-27,32-33H,8-17H2,1-7H3/t19-,20+,22-,23-,24+,25-,26-,27+,28+,29+,30-/m0/s1. The fraction of sp³-hybridized carbons (Fsp3) is 0.967. The molecule has 0 aliphatic heterocycles. The van der Waals surface area contributed by atoms with Gasteiger partial charge in [-0.2, -0.15) is 0 Å². The highest BCUT2D eigenvalue weighted by atomic mass is 16.6. The largest absolute Gasteiger partial charge is 0.459 e. The lowest BCUT2D eigenvalue weighted by Crippen LogP contribution is -2.69. The van der Waals surface area contributed by atoms with Crippen molar-refractivity contribution in [2.75, 3.05) is 0 Å². The van der Waals surface area contributed by atoms with Crippen molar-refractivity contribution in [1.82, 2.24) is 0 Å². The van der Waals surface area contributed by atoms with Crippen LogP contribution in [0.1, 0.15) is 113 Å². The summed E-state index contributed by atoms with van der Waals surface area (Å²) in [4.78, 5) is 12.1. The van der Waals surface area contributed by atoms with Gasteiger partial charge in [0.05, 0.1) is 6.10 Å². The van der Waals surface area contributed by atoms with Crippen molar-refractivity contribution in [3.63, 3.8) is 0 Å². The van der Waals surface area contributed by atoms with Crippen molar-refractivity contribution in [1.29, 1.82) is 0 Å². The summed E-state index contributed by atoms with van der Waals surface area (Å²) in [5.41, 5.74) is -1.07. The molecule has 11 atom stereocenters. The van der Waals surface area contributed by atoms with E-state index < -0.39 is 17.8 Å². The lowest BCUT2D eigenvalue weighted by molar-refractivity contribution is -0.269. The molecule has 0 aromatic carbocycles. The maximum Gasteiger partial charge on any atom is 0.303 e. The average Bonchev–Trinajstić information content (AvgIpc) is 3.10. The molecule has 0 aromatic rings. The quantitative estimate of drug-likeness (QED) is 0.437. The van der Waals surface area contributed by atoms with Crippen molar-refractivity contribution in [2.24, 2.45) is 52.3 Å². The second-order valence-corrected chi connectivity index (χ2v) is 14.0. The van der Waals surface area contributed by atoms with E-state index >= 15 is 0 Å². The van der Waals surface area contributed by atoms with Crippen LogP contribution in [0.2, 0.25) is 0 Å². The SMILES string of the molecule is CC(=O)O[C@@H]1C[C@H]2[C@@H]3CC[C@H]([C@H](C)CC[C@H](C)C(C)C)[C@@]3(C)CC[C@@H]2[C@@]2(C)CC[C@H](O)C[C@]12O. The lowest BCUT2D eigenvalue weighted by atomic mass is 9.42. The van der Waals surface area contributed by atoms with Crippen molar-refractivity contribution in [2.45, 2.75) is 130 Å². The normalized spacial score (nSPS) is 47.9.